The molecule has 1 atom stereocenters. The lowest BCUT2D eigenvalue weighted by molar-refractivity contribution is -0.121. The smallest absolute Gasteiger partial charge is 0.257 e. The van der Waals surface area contributed by atoms with Gasteiger partial charge in [-0.3, -0.25) is 14.4 Å². The minimum Gasteiger partial charge on any atom is -0.322 e. The molecule has 1 saturated heterocycles. The van der Waals surface area contributed by atoms with E-state index in [9.17, 15) is 14.4 Å². The Kier molecular flexibility index (Phi) is 6.55. The second-order valence-electron chi connectivity index (χ2n) is 7.32. The first-order valence-electron chi connectivity index (χ1n) is 9.78. The number of carbonyl (C=O) groups is 3. The van der Waals surface area contributed by atoms with Crippen molar-refractivity contribution < 1.29 is 14.4 Å². The number of nitrogens with zero attached hydrogens (tertiary/aromatic N) is 1. The first kappa shape index (κ1) is 22.4. The monoisotopic (exact) mass is 484 g/mol. The third-order valence-electron chi connectivity index (χ3n) is 4.96. The van der Waals surface area contributed by atoms with Crippen LogP contribution in [0.1, 0.15) is 22.3 Å². The van der Waals surface area contributed by atoms with E-state index in [4.69, 9.17) is 23.2 Å². The van der Waals surface area contributed by atoms with Crippen molar-refractivity contribution in [2.75, 3.05) is 10.2 Å². The number of imide groups is 1. The Morgan fingerprint density at radius 1 is 1.00 bits per heavy atom. The fourth-order valence-corrected chi connectivity index (χ4v) is 4.86. The molecule has 5 nitrogen and oxygen atoms in total. The van der Waals surface area contributed by atoms with Crippen LogP contribution in [0.4, 0.5) is 11.4 Å². The number of benzene rings is 3. The number of hydrogen-bond acceptors (Lipinski definition) is 4. The summed E-state index contributed by atoms with van der Waals surface area (Å²) >= 11 is 13.3. The number of aryl methyl sites for hydroxylation is 1. The minimum absolute atomic E-state index is 0.144. The number of halogens is 2. The molecule has 8 heteroatoms. The van der Waals surface area contributed by atoms with Crippen LogP contribution in [0.25, 0.3) is 0 Å². The highest BCUT2D eigenvalue weighted by molar-refractivity contribution is 8.00. The van der Waals surface area contributed by atoms with Gasteiger partial charge in [0.25, 0.3) is 5.91 Å². The van der Waals surface area contributed by atoms with Crippen LogP contribution in [0.2, 0.25) is 10.0 Å². The number of nitrogens with one attached hydrogen (secondary N) is 1. The van der Waals surface area contributed by atoms with Gasteiger partial charge in [-0.1, -0.05) is 40.9 Å². The van der Waals surface area contributed by atoms with Gasteiger partial charge in [0.2, 0.25) is 11.8 Å². The molecule has 0 spiro atoms. The number of hydrogen-bond donors (Lipinski definition) is 1. The van der Waals surface area contributed by atoms with E-state index in [1.807, 2.05) is 19.1 Å². The summed E-state index contributed by atoms with van der Waals surface area (Å²) in [5.41, 5.74) is 2.55. The zero-order chi connectivity index (χ0) is 22.8. The van der Waals surface area contributed by atoms with E-state index < -0.39 is 5.25 Å². The van der Waals surface area contributed by atoms with Gasteiger partial charge in [-0.15, -0.1) is 11.8 Å². The quantitative estimate of drug-likeness (QED) is 0.452. The van der Waals surface area contributed by atoms with Gasteiger partial charge >= 0.3 is 0 Å². The minimum atomic E-state index is -0.489. The van der Waals surface area contributed by atoms with Crippen molar-refractivity contribution in [2.45, 2.75) is 23.5 Å². The Morgan fingerprint density at radius 2 is 1.69 bits per heavy atom. The zero-order valence-electron chi connectivity index (χ0n) is 17.0. The van der Waals surface area contributed by atoms with E-state index in [2.05, 4.69) is 5.32 Å². The summed E-state index contributed by atoms with van der Waals surface area (Å²) in [4.78, 5) is 39.8. The standard InChI is InChI=1S/C24H18Cl2N2O3S/c1-14-2-7-17(8-3-14)28-22(29)13-21(24(28)31)32-18-9-5-16(6-10-18)27-23(30)19-11-4-15(25)12-20(19)26/h2-12,21H,13H2,1H3,(H,27,30)/t21-/m1/s1. The van der Waals surface area contributed by atoms with E-state index in [0.29, 0.717) is 22.0 Å². The van der Waals surface area contributed by atoms with E-state index in [-0.39, 0.29) is 29.2 Å². The fourth-order valence-electron chi connectivity index (χ4n) is 3.31. The topological polar surface area (TPSA) is 66.5 Å². The van der Waals surface area contributed by atoms with Crippen molar-refractivity contribution in [1.82, 2.24) is 0 Å². The Labute approximate surface area is 199 Å². The Bertz CT molecular complexity index is 1200. The van der Waals surface area contributed by atoms with Crippen LogP contribution in [0, 0.1) is 6.92 Å². The molecule has 3 amide bonds. The summed E-state index contributed by atoms with van der Waals surface area (Å²) in [6, 6.07) is 19.1. The normalized spacial score (nSPS) is 15.8. The van der Waals surface area contributed by atoms with Crippen molar-refractivity contribution in [3.8, 4) is 0 Å². The number of carbonyl (C=O) groups excluding carboxylic acids is 3. The maximum Gasteiger partial charge on any atom is 0.257 e. The van der Waals surface area contributed by atoms with Gasteiger partial charge in [0.15, 0.2) is 0 Å². The molecule has 1 fully saturated rings. The molecule has 0 radical (unpaired) electrons. The maximum absolute atomic E-state index is 12.8. The number of thioether (sulfide) groups is 1. The largest absolute Gasteiger partial charge is 0.322 e. The molecule has 0 unspecified atom stereocenters. The summed E-state index contributed by atoms with van der Waals surface area (Å²) in [6.07, 6.45) is 0.144. The van der Waals surface area contributed by atoms with Crippen LogP contribution in [0.5, 0.6) is 0 Å². The van der Waals surface area contributed by atoms with Crippen LogP contribution < -0.4 is 10.2 Å². The van der Waals surface area contributed by atoms with Gasteiger partial charge in [0, 0.05) is 22.0 Å². The molecular weight excluding hydrogens is 467 g/mol. The van der Waals surface area contributed by atoms with E-state index in [1.165, 1.54) is 22.7 Å². The van der Waals surface area contributed by atoms with Gasteiger partial charge in [-0.2, -0.15) is 0 Å². The molecule has 3 aromatic carbocycles. The first-order valence-corrected chi connectivity index (χ1v) is 11.4. The van der Waals surface area contributed by atoms with Gasteiger partial charge in [0.05, 0.1) is 21.5 Å². The summed E-state index contributed by atoms with van der Waals surface area (Å²) in [7, 11) is 0. The second kappa shape index (κ2) is 9.36. The molecule has 1 heterocycles. The van der Waals surface area contributed by atoms with Crippen LogP contribution >= 0.6 is 35.0 Å². The number of rotatable bonds is 5. The van der Waals surface area contributed by atoms with Gasteiger partial charge < -0.3 is 5.32 Å². The lowest BCUT2D eigenvalue weighted by atomic mass is 10.2. The van der Waals surface area contributed by atoms with Crippen LogP contribution in [0.3, 0.4) is 0 Å². The SMILES string of the molecule is Cc1ccc(N2C(=O)C[C@@H](Sc3ccc(NC(=O)c4ccc(Cl)cc4Cl)cc3)C2=O)cc1. The van der Waals surface area contributed by atoms with Crippen molar-refractivity contribution >= 4 is 64.1 Å². The average Bonchev–Trinajstić information content (AvgIpc) is 3.03. The van der Waals surface area contributed by atoms with Crippen molar-refractivity contribution in [1.29, 1.82) is 0 Å². The van der Waals surface area contributed by atoms with Gasteiger partial charge in [0.1, 0.15) is 0 Å². The van der Waals surface area contributed by atoms with Crippen LogP contribution in [-0.2, 0) is 9.59 Å². The molecule has 0 saturated carbocycles. The van der Waals surface area contributed by atoms with Crippen LogP contribution in [0.15, 0.2) is 71.6 Å². The molecule has 162 valence electrons. The molecule has 3 aromatic rings. The predicted octanol–water partition coefficient (Wildman–Crippen LogP) is 5.98. The molecular formula is C24H18Cl2N2O3S. The Morgan fingerprint density at radius 3 is 2.34 bits per heavy atom. The Balaban J connectivity index is 1.41. The summed E-state index contributed by atoms with van der Waals surface area (Å²) in [6.45, 7) is 1.95. The Hall–Kier alpha value is -2.80. The molecule has 4 rings (SSSR count). The molecule has 0 aliphatic carbocycles. The highest BCUT2D eigenvalue weighted by Gasteiger charge is 2.40. The van der Waals surface area contributed by atoms with E-state index >= 15 is 0 Å². The third kappa shape index (κ3) is 4.83. The molecule has 32 heavy (non-hydrogen) atoms. The number of amides is 3. The molecule has 1 aliphatic rings. The lowest BCUT2D eigenvalue weighted by Gasteiger charge is -2.15. The van der Waals surface area contributed by atoms with Crippen LogP contribution in [-0.4, -0.2) is 23.0 Å². The highest BCUT2D eigenvalue weighted by Crippen LogP contribution is 2.34. The fraction of sp³-hybridized carbons (Fsp3) is 0.125. The highest BCUT2D eigenvalue weighted by atomic mass is 35.5. The maximum atomic E-state index is 12.8. The van der Waals surface area contributed by atoms with Crippen molar-refractivity contribution in [3.63, 3.8) is 0 Å². The lowest BCUT2D eigenvalue weighted by Crippen LogP contribution is -2.31. The van der Waals surface area contributed by atoms with E-state index in [1.54, 1.807) is 48.5 Å². The summed E-state index contributed by atoms with van der Waals surface area (Å²) in [5.74, 6) is -0.781. The predicted molar refractivity (Wildman–Crippen MR) is 129 cm³/mol. The van der Waals surface area contributed by atoms with Gasteiger partial charge in [-0.25, -0.2) is 4.90 Å². The molecule has 1 aliphatic heterocycles. The molecule has 0 aromatic heterocycles. The zero-order valence-corrected chi connectivity index (χ0v) is 19.3. The van der Waals surface area contributed by atoms with Crippen molar-refractivity contribution in [3.05, 3.63) is 87.9 Å². The second-order valence-corrected chi connectivity index (χ2v) is 9.44. The van der Waals surface area contributed by atoms with Gasteiger partial charge in [-0.05, 0) is 61.5 Å². The third-order valence-corrected chi connectivity index (χ3v) is 6.71. The van der Waals surface area contributed by atoms with Crippen molar-refractivity contribution in [2.24, 2.45) is 0 Å². The summed E-state index contributed by atoms with van der Waals surface area (Å²) < 4.78 is 0. The average molecular weight is 485 g/mol. The van der Waals surface area contributed by atoms with E-state index in [0.717, 1.165) is 10.5 Å². The first-order chi connectivity index (χ1) is 15.3. The molecule has 0 bridgehead atoms. The molecule has 1 N–H and O–H groups in total. The summed E-state index contributed by atoms with van der Waals surface area (Å²) in [5, 5.41) is 3.02. The number of anilines is 2.